The van der Waals surface area contributed by atoms with E-state index in [1.165, 1.54) is 4.90 Å². The molecule has 0 aromatic heterocycles. The second kappa shape index (κ2) is 6.20. The number of allylic oxidation sites excluding steroid dienone is 1. The predicted octanol–water partition coefficient (Wildman–Crippen LogP) is 2.31. The van der Waals surface area contributed by atoms with E-state index in [2.05, 4.69) is 0 Å². The van der Waals surface area contributed by atoms with Gasteiger partial charge in [-0.15, -0.1) is 0 Å². The third-order valence-electron chi connectivity index (χ3n) is 5.84. The maximum atomic E-state index is 13.8. The molecule has 1 aliphatic carbocycles. The summed E-state index contributed by atoms with van der Waals surface area (Å²) in [5.41, 5.74) is 5.47. The number of Topliss-reactive ketones (excluding diaryl/α,β-unsaturated/α-hetero) is 1. The third-order valence-corrected chi connectivity index (χ3v) is 5.84. The molecule has 0 fully saturated rings. The van der Waals surface area contributed by atoms with Gasteiger partial charge in [0.05, 0.1) is 12.2 Å². The van der Waals surface area contributed by atoms with Gasteiger partial charge in [0.1, 0.15) is 16.7 Å². The molecule has 1 atom stereocenters. The van der Waals surface area contributed by atoms with Gasteiger partial charge in [-0.1, -0.05) is 32.0 Å². The molecule has 1 aromatic carbocycles. The lowest BCUT2D eigenvalue weighted by atomic mass is 9.62. The fourth-order valence-corrected chi connectivity index (χ4v) is 4.76. The van der Waals surface area contributed by atoms with E-state index in [-0.39, 0.29) is 41.3 Å². The molecule has 7 nitrogen and oxygen atoms in total. The standard InChI is InChI=1S/C22H24N2O5/c1-5-28-19(26)17-18(23)29-15-11-21(2,3)10-14(25)16(15)22(17)12-8-6-7-9-13(12)24(4)20(22)27/h6-9H,5,10-11,23H2,1-4H3/t22-/m1/s1. The van der Waals surface area contributed by atoms with Crippen LogP contribution >= 0.6 is 0 Å². The number of para-hydroxylation sites is 1. The maximum absolute atomic E-state index is 13.8. The van der Waals surface area contributed by atoms with E-state index in [1.807, 2.05) is 13.8 Å². The fourth-order valence-electron chi connectivity index (χ4n) is 4.76. The van der Waals surface area contributed by atoms with E-state index in [4.69, 9.17) is 15.2 Å². The number of fused-ring (bicyclic) bond motifs is 3. The topological polar surface area (TPSA) is 98.9 Å². The van der Waals surface area contributed by atoms with Crippen molar-refractivity contribution in [2.24, 2.45) is 11.1 Å². The number of carbonyl (C=O) groups is 3. The minimum absolute atomic E-state index is 0.101. The van der Waals surface area contributed by atoms with Crippen LogP contribution in [0.2, 0.25) is 0 Å². The summed E-state index contributed by atoms with van der Waals surface area (Å²) in [6.07, 6.45) is 0.678. The first-order valence-electron chi connectivity index (χ1n) is 9.65. The monoisotopic (exact) mass is 396 g/mol. The number of esters is 1. The van der Waals surface area contributed by atoms with E-state index in [0.717, 1.165) is 0 Å². The Bertz CT molecular complexity index is 1020. The second-order valence-corrected chi connectivity index (χ2v) is 8.43. The van der Waals surface area contributed by atoms with Gasteiger partial charge in [0.15, 0.2) is 5.78 Å². The molecule has 0 bridgehead atoms. The molecule has 1 aromatic rings. The number of rotatable bonds is 2. The number of carbonyl (C=O) groups excluding carboxylic acids is 3. The van der Waals surface area contributed by atoms with Crippen molar-refractivity contribution in [1.29, 1.82) is 0 Å². The summed E-state index contributed by atoms with van der Waals surface area (Å²) >= 11 is 0. The number of anilines is 1. The summed E-state index contributed by atoms with van der Waals surface area (Å²) in [6, 6.07) is 7.12. The minimum atomic E-state index is -1.65. The molecular formula is C22H24N2O5. The van der Waals surface area contributed by atoms with Crippen LogP contribution in [0.4, 0.5) is 5.69 Å². The highest BCUT2D eigenvalue weighted by atomic mass is 16.5. The van der Waals surface area contributed by atoms with Gasteiger partial charge in [0.25, 0.3) is 0 Å². The van der Waals surface area contributed by atoms with Gasteiger partial charge in [-0.25, -0.2) is 4.79 Å². The number of benzene rings is 1. The van der Waals surface area contributed by atoms with Crippen molar-refractivity contribution in [3.05, 3.63) is 52.6 Å². The molecule has 1 spiro atoms. The van der Waals surface area contributed by atoms with Crippen LogP contribution in [0.1, 0.15) is 39.2 Å². The van der Waals surface area contributed by atoms with Crippen LogP contribution < -0.4 is 10.6 Å². The normalized spacial score (nSPS) is 25.2. The van der Waals surface area contributed by atoms with Crippen LogP contribution in [0, 0.1) is 5.41 Å². The van der Waals surface area contributed by atoms with Crippen molar-refractivity contribution >= 4 is 23.3 Å². The van der Waals surface area contributed by atoms with Gasteiger partial charge in [-0.05, 0) is 18.4 Å². The zero-order valence-corrected chi connectivity index (χ0v) is 17.0. The van der Waals surface area contributed by atoms with Crippen molar-refractivity contribution in [3.63, 3.8) is 0 Å². The van der Waals surface area contributed by atoms with Gasteiger partial charge in [-0.2, -0.15) is 0 Å². The van der Waals surface area contributed by atoms with Gasteiger partial charge in [0, 0.05) is 31.1 Å². The lowest BCUT2D eigenvalue weighted by Crippen LogP contribution is -2.51. The number of hydrogen-bond donors (Lipinski definition) is 1. The molecule has 0 saturated heterocycles. The molecule has 0 radical (unpaired) electrons. The Hall–Kier alpha value is -3.09. The zero-order valence-electron chi connectivity index (χ0n) is 17.0. The highest BCUT2D eigenvalue weighted by Gasteiger charge is 2.64. The molecule has 152 valence electrons. The molecule has 7 heteroatoms. The molecule has 4 rings (SSSR count). The number of amides is 1. The zero-order chi connectivity index (χ0) is 21.1. The van der Waals surface area contributed by atoms with Crippen LogP contribution in [0.25, 0.3) is 0 Å². The SMILES string of the molecule is CCOC(=O)C1=C(N)OC2=C(C(=O)CC(C)(C)C2)[C@@]12C(=O)N(C)c1ccccc12. The van der Waals surface area contributed by atoms with Crippen molar-refractivity contribution < 1.29 is 23.9 Å². The Morgan fingerprint density at radius 1 is 1.24 bits per heavy atom. The number of ether oxygens (including phenoxy) is 2. The van der Waals surface area contributed by atoms with E-state index >= 15 is 0 Å². The average molecular weight is 396 g/mol. The Morgan fingerprint density at radius 2 is 1.93 bits per heavy atom. The molecule has 2 heterocycles. The van der Waals surface area contributed by atoms with Crippen molar-refractivity contribution in [2.45, 2.75) is 39.0 Å². The van der Waals surface area contributed by atoms with E-state index in [0.29, 0.717) is 23.4 Å². The maximum Gasteiger partial charge on any atom is 0.341 e. The minimum Gasteiger partial charge on any atom is -0.462 e. The van der Waals surface area contributed by atoms with E-state index in [9.17, 15) is 14.4 Å². The largest absolute Gasteiger partial charge is 0.462 e. The molecule has 0 unspecified atom stereocenters. The van der Waals surface area contributed by atoms with Crippen LogP contribution in [-0.2, 0) is 29.3 Å². The highest BCUT2D eigenvalue weighted by Crippen LogP contribution is 2.57. The second-order valence-electron chi connectivity index (χ2n) is 8.43. The number of hydrogen-bond acceptors (Lipinski definition) is 6. The molecule has 1 amide bonds. The lowest BCUT2D eigenvalue weighted by Gasteiger charge is -2.42. The number of likely N-dealkylation sites (N-methyl/N-ethyl adjacent to an activating group) is 1. The quantitative estimate of drug-likeness (QED) is 0.770. The molecule has 3 aliphatic rings. The summed E-state index contributed by atoms with van der Waals surface area (Å²) < 4.78 is 11.0. The molecule has 29 heavy (non-hydrogen) atoms. The average Bonchev–Trinajstić information content (AvgIpc) is 2.83. The van der Waals surface area contributed by atoms with Crippen molar-refractivity contribution in [1.82, 2.24) is 0 Å². The number of ketones is 1. The number of nitrogens with zero attached hydrogens (tertiary/aromatic N) is 1. The molecule has 0 saturated carbocycles. The summed E-state index contributed by atoms with van der Waals surface area (Å²) in [5.74, 6) is -1.22. The fraction of sp³-hybridized carbons (Fsp3) is 0.409. The Labute approximate surface area is 169 Å². The Morgan fingerprint density at radius 3 is 2.62 bits per heavy atom. The first kappa shape index (κ1) is 19.2. The van der Waals surface area contributed by atoms with E-state index in [1.54, 1.807) is 38.2 Å². The van der Waals surface area contributed by atoms with Gasteiger partial charge in [0.2, 0.25) is 11.8 Å². The highest BCUT2D eigenvalue weighted by molar-refractivity contribution is 6.23. The van der Waals surface area contributed by atoms with Crippen LogP contribution in [0.3, 0.4) is 0 Å². The van der Waals surface area contributed by atoms with Crippen LogP contribution in [-0.4, -0.2) is 31.3 Å². The van der Waals surface area contributed by atoms with Gasteiger partial charge < -0.3 is 20.1 Å². The van der Waals surface area contributed by atoms with E-state index < -0.39 is 17.3 Å². The van der Waals surface area contributed by atoms with Gasteiger partial charge in [-0.3, -0.25) is 9.59 Å². The number of nitrogens with two attached hydrogens (primary N) is 1. The Balaban J connectivity index is 2.09. The summed E-state index contributed by atoms with van der Waals surface area (Å²) in [5, 5.41) is 0. The molecule has 2 N–H and O–H groups in total. The lowest BCUT2D eigenvalue weighted by molar-refractivity contribution is -0.141. The third kappa shape index (κ3) is 2.46. The first-order chi connectivity index (χ1) is 13.6. The van der Waals surface area contributed by atoms with Crippen LogP contribution in [0.5, 0.6) is 0 Å². The molecular weight excluding hydrogens is 372 g/mol. The summed E-state index contributed by atoms with van der Waals surface area (Å²) in [6.45, 7) is 5.69. The molecule has 2 aliphatic heterocycles. The summed E-state index contributed by atoms with van der Waals surface area (Å²) in [4.78, 5) is 41.6. The first-order valence-corrected chi connectivity index (χ1v) is 9.65. The smallest absolute Gasteiger partial charge is 0.341 e. The van der Waals surface area contributed by atoms with Crippen LogP contribution in [0.15, 0.2) is 47.1 Å². The Kier molecular flexibility index (Phi) is 4.12. The van der Waals surface area contributed by atoms with Crippen molar-refractivity contribution in [3.8, 4) is 0 Å². The summed E-state index contributed by atoms with van der Waals surface area (Å²) in [7, 11) is 1.63. The van der Waals surface area contributed by atoms with Gasteiger partial charge >= 0.3 is 5.97 Å². The van der Waals surface area contributed by atoms with Crippen molar-refractivity contribution in [2.75, 3.05) is 18.6 Å². The predicted molar refractivity (Wildman–Crippen MR) is 106 cm³/mol.